The average Bonchev–Trinajstić information content (AvgIpc) is 2.34. The molecule has 0 bridgehead atoms. The summed E-state index contributed by atoms with van der Waals surface area (Å²) in [4.78, 5) is 0. The van der Waals surface area contributed by atoms with Crippen LogP contribution in [0.1, 0.15) is 6.42 Å². The van der Waals surface area contributed by atoms with E-state index in [0.717, 1.165) is 26.2 Å². The van der Waals surface area contributed by atoms with Crippen molar-refractivity contribution in [3.05, 3.63) is 12.7 Å². The lowest BCUT2D eigenvalue weighted by Gasteiger charge is -2.05. The van der Waals surface area contributed by atoms with Crippen LogP contribution in [0.2, 0.25) is 0 Å². The van der Waals surface area contributed by atoms with Crippen LogP contribution in [-0.2, 0) is 4.74 Å². The Bertz CT molecular complexity index is 86.9. The summed E-state index contributed by atoms with van der Waals surface area (Å²) in [5, 5.41) is 3.29. The molecule has 1 fully saturated rings. The third-order valence-corrected chi connectivity index (χ3v) is 1.48. The van der Waals surface area contributed by atoms with Crippen LogP contribution in [0.4, 0.5) is 0 Å². The Labute approximate surface area is 55.9 Å². The van der Waals surface area contributed by atoms with Gasteiger partial charge in [-0.3, -0.25) is 0 Å². The van der Waals surface area contributed by atoms with Crippen LogP contribution in [0.15, 0.2) is 12.7 Å². The second-order valence-corrected chi connectivity index (χ2v) is 2.26. The summed E-state index contributed by atoms with van der Waals surface area (Å²) in [6, 6.07) is 0.572. The highest BCUT2D eigenvalue weighted by atomic mass is 16.5. The molecular weight excluding hydrogens is 114 g/mol. The number of ether oxygens (including phenoxy) is 1. The van der Waals surface area contributed by atoms with Crippen LogP contribution in [0.25, 0.3) is 0 Å². The van der Waals surface area contributed by atoms with Gasteiger partial charge in [0, 0.05) is 19.2 Å². The summed E-state index contributed by atoms with van der Waals surface area (Å²) in [5.74, 6) is 0. The topological polar surface area (TPSA) is 21.3 Å². The van der Waals surface area contributed by atoms with Gasteiger partial charge in [-0.25, -0.2) is 0 Å². The molecule has 0 aliphatic carbocycles. The molecule has 1 rings (SSSR count). The number of hydrogen-bond acceptors (Lipinski definition) is 2. The molecule has 1 atom stereocenters. The lowest BCUT2D eigenvalue weighted by molar-refractivity contribution is 0.190. The van der Waals surface area contributed by atoms with Gasteiger partial charge in [-0.2, -0.15) is 0 Å². The zero-order chi connectivity index (χ0) is 6.53. The maximum atomic E-state index is 5.16. The summed E-state index contributed by atoms with van der Waals surface area (Å²) in [7, 11) is 0. The van der Waals surface area contributed by atoms with Crippen molar-refractivity contribution in [2.24, 2.45) is 0 Å². The Morgan fingerprint density at radius 1 is 1.78 bits per heavy atom. The minimum atomic E-state index is 0.572. The fraction of sp³-hybridized carbons (Fsp3) is 0.714. The Balaban J connectivity index is 2.04. The largest absolute Gasteiger partial charge is 0.380 e. The molecule has 52 valence electrons. The molecule has 0 spiro atoms. The van der Waals surface area contributed by atoms with Crippen molar-refractivity contribution in [3.63, 3.8) is 0 Å². The highest BCUT2D eigenvalue weighted by Gasteiger charge is 2.12. The maximum absolute atomic E-state index is 5.16. The first-order chi connectivity index (χ1) is 4.43. The van der Waals surface area contributed by atoms with Crippen LogP contribution in [0, 0.1) is 0 Å². The first-order valence-electron chi connectivity index (χ1n) is 3.35. The third-order valence-electron chi connectivity index (χ3n) is 1.48. The van der Waals surface area contributed by atoms with E-state index < -0.39 is 0 Å². The van der Waals surface area contributed by atoms with Crippen molar-refractivity contribution in [1.82, 2.24) is 5.32 Å². The van der Waals surface area contributed by atoms with E-state index in [1.54, 1.807) is 0 Å². The zero-order valence-corrected chi connectivity index (χ0v) is 5.60. The Hall–Kier alpha value is -0.340. The molecule has 1 aliphatic heterocycles. The molecule has 0 unspecified atom stereocenters. The molecule has 0 aromatic rings. The van der Waals surface area contributed by atoms with Crippen molar-refractivity contribution < 1.29 is 4.74 Å². The van der Waals surface area contributed by atoms with E-state index in [1.807, 2.05) is 6.08 Å². The molecule has 2 nitrogen and oxygen atoms in total. The monoisotopic (exact) mass is 127 g/mol. The van der Waals surface area contributed by atoms with Crippen LogP contribution in [-0.4, -0.2) is 25.8 Å². The summed E-state index contributed by atoms with van der Waals surface area (Å²) in [6.45, 7) is 6.30. The predicted octanol–water partition coefficient (Wildman–Crippen LogP) is 0.551. The Morgan fingerprint density at radius 2 is 2.67 bits per heavy atom. The first kappa shape index (κ1) is 6.78. The normalized spacial score (nSPS) is 26.4. The molecule has 0 aromatic carbocycles. The lowest BCUT2D eigenvalue weighted by atomic mass is 10.3. The van der Waals surface area contributed by atoms with Gasteiger partial charge in [0.1, 0.15) is 0 Å². The average molecular weight is 127 g/mol. The fourth-order valence-corrected chi connectivity index (χ4v) is 0.946. The third kappa shape index (κ3) is 2.16. The second kappa shape index (κ2) is 3.64. The standard InChI is InChI=1S/C7H13NO/c1-2-4-8-7-3-5-9-6-7/h2,7-8H,1,3-6H2/t7-/m0/s1. The molecular formula is C7H13NO. The van der Waals surface area contributed by atoms with Gasteiger partial charge in [-0.05, 0) is 6.42 Å². The van der Waals surface area contributed by atoms with Gasteiger partial charge in [0.25, 0.3) is 0 Å². The predicted molar refractivity (Wildman–Crippen MR) is 37.4 cm³/mol. The van der Waals surface area contributed by atoms with Crippen molar-refractivity contribution >= 4 is 0 Å². The van der Waals surface area contributed by atoms with E-state index in [9.17, 15) is 0 Å². The summed E-state index contributed by atoms with van der Waals surface area (Å²) < 4.78 is 5.16. The van der Waals surface area contributed by atoms with Gasteiger partial charge in [-0.1, -0.05) is 6.08 Å². The molecule has 9 heavy (non-hydrogen) atoms. The summed E-state index contributed by atoms with van der Waals surface area (Å²) >= 11 is 0. The lowest BCUT2D eigenvalue weighted by Crippen LogP contribution is -2.28. The zero-order valence-electron chi connectivity index (χ0n) is 5.60. The molecule has 0 radical (unpaired) electrons. The minimum absolute atomic E-state index is 0.572. The number of hydrogen-bond donors (Lipinski definition) is 1. The van der Waals surface area contributed by atoms with E-state index in [-0.39, 0.29) is 0 Å². The van der Waals surface area contributed by atoms with E-state index >= 15 is 0 Å². The van der Waals surface area contributed by atoms with Gasteiger partial charge >= 0.3 is 0 Å². The minimum Gasteiger partial charge on any atom is -0.380 e. The number of rotatable bonds is 3. The van der Waals surface area contributed by atoms with Gasteiger partial charge in [0.15, 0.2) is 0 Å². The molecule has 1 N–H and O–H groups in total. The molecule has 2 heteroatoms. The Morgan fingerprint density at radius 3 is 3.22 bits per heavy atom. The van der Waals surface area contributed by atoms with Crippen molar-refractivity contribution in [1.29, 1.82) is 0 Å². The molecule has 0 saturated carbocycles. The van der Waals surface area contributed by atoms with Gasteiger partial charge < -0.3 is 10.1 Å². The van der Waals surface area contributed by atoms with E-state index in [1.165, 1.54) is 0 Å². The molecule has 1 heterocycles. The molecule has 0 aromatic heterocycles. The fourth-order valence-electron chi connectivity index (χ4n) is 0.946. The van der Waals surface area contributed by atoms with Crippen LogP contribution in [0.3, 0.4) is 0 Å². The SMILES string of the molecule is C=CCN[C@H]1CCOC1. The van der Waals surface area contributed by atoms with E-state index in [4.69, 9.17) is 4.74 Å². The van der Waals surface area contributed by atoms with Crippen molar-refractivity contribution in [2.75, 3.05) is 19.8 Å². The van der Waals surface area contributed by atoms with Gasteiger partial charge in [0.2, 0.25) is 0 Å². The van der Waals surface area contributed by atoms with E-state index in [0.29, 0.717) is 6.04 Å². The highest BCUT2D eigenvalue weighted by Crippen LogP contribution is 2.01. The van der Waals surface area contributed by atoms with E-state index in [2.05, 4.69) is 11.9 Å². The highest BCUT2D eigenvalue weighted by molar-refractivity contribution is 4.77. The van der Waals surface area contributed by atoms with Gasteiger partial charge in [-0.15, -0.1) is 6.58 Å². The van der Waals surface area contributed by atoms with Crippen LogP contribution >= 0.6 is 0 Å². The molecule has 1 saturated heterocycles. The second-order valence-electron chi connectivity index (χ2n) is 2.26. The van der Waals surface area contributed by atoms with Crippen LogP contribution in [0.5, 0.6) is 0 Å². The molecule has 0 amide bonds. The van der Waals surface area contributed by atoms with Crippen LogP contribution < -0.4 is 5.32 Å². The first-order valence-corrected chi connectivity index (χ1v) is 3.35. The van der Waals surface area contributed by atoms with Crippen molar-refractivity contribution in [3.8, 4) is 0 Å². The molecule has 1 aliphatic rings. The number of nitrogens with one attached hydrogen (secondary N) is 1. The van der Waals surface area contributed by atoms with Gasteiger partial charge in [0.05, 0.1) is 6.61 Å². The summed E-state index contributed by atoms with van der Waals surface area (Å²) in [5.41, 5.74) is 0. The Kier molecular flexibility index (Phi) is 2.74. The van der Waals surface area contributed by atoms with Crippen molar-refractivity contribution in [2.45, 2.75) is 12.5 Å². The summed E-state index contributed by atoms with van der Waals surface area (Å²) in [6.07, 6.45) is 3.02. The maximum Gasteiger partial charge on any atom is 0.0620 e. The smallest absolute Gasteiger partial charge is 0.0620 e. The quantitative estimate of drug-likeness (QED) is 0.559.